The van der Waals surface area contributed by atoms with Crippen molar-refractivity contribution in [2.45, 2.75) is 29.9 Å². The summed E-state index contributed by atoms with van der Waals surface area (Å²) in [5.74, 6) is 1.92. The quantitative estimate of drug-likeness (QED) is 0.807. The van der Waals surface area contributed by atoms with Crippen LogP contribution in [0.15, 0.2) is 22.6 Å². The van der Waals surface area contributed by atoms with Crippen LogP contribution in [-0.4, -0.2) is 32.2 Å². The first kappa shape index (κ1) is 11.8. The summed E-state index contributed by atoms with van der Waals surface area (Å²) in [7, 11) is 1.84. The van der Waals surface area contributed by atoms with E-state index < -0.39 is 0 Å². The number of nitrogens with one attached hydrogen (secondary N) is 2. The summed E-state index contributed by atoms with van der Waals surface area (Å²) < 4.78 is 0. The van der Waals surface area contributed by atoms with Gasteiger partial charge >= 0.3 is 0 Å². The molecule has 0 unspecified atom stereocenters. The summed E-state index contributed by atoms with van der Waals surface area (Å²) in [6.07, 6.45) is 1.48. The van der Waals surface area contributed by atoms with E-state index in [1.54, 1.807) is 0 Å². The summed E-state index contributed by atoms with van der Waals surface area (Å²) in [5.41, 5.74) is 0. The van der Waals surface area contributed by atoms with Crippen molar-refractivity contribution in [3.05, 3.63) is 18.2 Å². The maximum atomic E-state index is 4.48. The van der Waals surface area contributed by atoms with E-state index in [1.807, 2.05) is 13.1 Å². The van der Waals surface area contributed by atoms with Crippen molar-refractivity contribution in [1.29, 1.82) is 0 Å². The Morgan fingerprint density at radius 3 is 2.76 bits per heavy atom. The molecule has 17 heavy (non-hydrogen) atoms. The Bertz CT molecular complexity index is 482. The Kier molecular flexibility index (Phi) is 3.58. The van der Waals surface area contributed by atoms with Crippen LogP contribution in [0.25, 0.3) is 0 Å². The lowest BCUT2D eigenvalue weighted by Gasteiger charge is -2.08. The molecule has 0 aliphatic heterocycles. The normalized spacial score (nSPS) is 10.8. The molecule has 0 amide bonds. The Morgan fingerprint density at radius 2 is 2.18 bits per heavy atom. The molecule has 0 spiro atoms. The molecule has 0 bridgehead atoms. The second-order valence-corrected chi connectivity index (χ2v) is 4.76. The van der Waals surface area contributed by atoms with Gasteiger partial charge in [0.05, 0.1) is 0 Å². The van der Waals surface area contributed by atoms with Crippen LogP contribution in [-0.2, 0) is 0 Å². The van der Waals surface area contributed by atoms with Crippen LogP contribution in [0.5, 0.6) is 0 Å². The molecule has 0 radical (unpaired) electrons. The van der Waals surface area contributed by atoms with Gasteiger partial charge in [-0.25, -0.2) is 15.0 Å². The fraction of sp³-hybridized carbons (Fsp3) is 0.400. The second kappa shape index (κ2) is 5.13. The number of hydrogen-bond donors (Lipinski definition) is 2. The van der Waals surface area contributed by atoms with Crippen LogP contribution in [0.1, 0.15) is 25.6 Å². The number of aromatic amines is 1. The number of aromatic nitrogens is 5. The fourth-order valence-electron chi connectivity index (χ4n) is 1.22. The Hall–Kier alpha value is -1.63. The molecule has 6 nitrogen and oxygen atoms in total. The van der Waals surface area contributed by atoms with Gasteiger partial charge in [-0.1, -0.05) is 13.8 Å². The predicted octanol–water partition coefficient (Wildman–Crippen LogP) is 1.91. The second-order valence-electron chi connectivity index (χ2n) is 3.75. The lowest BCUT2D eigenvalue weighted by atomic mass is 10.2. The van der Waals surface area contributed by atoms with Crippen molar-refractivity contribution in [2.75, 3.05) is 12.4 Å². The first-order valence-electron chi connectivity index (χ1n) is 5.29. The van der Waals surface area contributed by atoms with E-state index in [-0.39, 0.29) is 5.92 Å². The average molecular weight is 250 g/mol. The molecule has 2 rings (SSSR count). The van der Waals surface area contributed by atoms with Crippen molar-refractivity contribution < 1.29 is 0 Å². The van der Waals surface area contributed by atoms with Crippen LogP contribution in [0.4, 0.5) is 5.82 Å². The molecule has 0 saturated carbocycles. The molecule has 0 atom stereocenters. The van der Waals surface area contributed by atoms with Crippen molar-refractivity contribution in [1.82, 2.24) is 25.1 Å². The van der Waals surface area contributed by atoms with Crippen LogP contribution in [0.2, 0.25) is 0 Å². The molecule has 0 aromatic carbocycles. The third kappa shape index (κ3) is 2.94. The van der Waals surface area contributed by atoms with Gasteiger partial charge in [0.1, 0.15) is 23.0 Å². The zero-order valence-corrected chi connectivity index (χ0v) is 10.7. The van der Waals surface area contributed by atoms with Gasteiger partial charge in [-0.3, -0.25) is 5.10 Å². The van der Waals surface area contributed by atoms with Crippen molar-refractivity contribution in [3.8, 4) is 0 Å². The van der Waals surface area contributed by atoms with E-state index in [4.69, 9.17) is 0 Å². The Morgan fingerprint density at radius 1 is 1.35 bits per heavy atom. The highest BCUT2D eigenvalue weighted by molar-refractivity contribution is 7.99. The van der Waals surface area contributed by atoms with E-state index in [0.717, 1.165) is 21.8 Å². The smallest absolute Gasteiger partial charge is 0.189 e. The topological polar surface area (TPSA) is 79.4 Å². The molecule has 0 fully saturated rings. The van der Waals surface area contributed by atoms with Crippen LogP contribution in [0.3, 0.4) is 0 Å². The summed E-state index contributed by atoms with van der Waals surface area (Å²) in [4.78, 5) is 12.9. The van der Waals surface area contributed by atoms with Crippen LogP contribution < -0.4 is 5.32 Å². The summed E-state index contributed by atoms with van der Waals surface area (Å²) in [6.45, 7) is 4.13. The molecule has 2 aromatic rings. The molecule has 0 aliphatic rings. The van der Waals surface area contributed by atoms with Crippen molar-refractivity contribution in [3.63, 3.8) is 0 Å². The fourth-order valence-corrected chi connectivity index (χ4v) is 1.93. The third-order valence-electron chi connectivity index (χ3n) is 2.09. The van der Waals surface area contributed by atoms with Gasteiger partial charge in [-0.15, -0.1) is 0 Å². The van der Waals surface area contributed by atoms with Gasteiger partial charge < -0.3 is 5.32 Å². The van der Waals surface area contributed by atoms with Gasteiger partial charge in [0.25, 0.3) is 0 Å². The highest BCUT2D eigenvalue weighted by Crippen LogP contribution is 2.25. The van der Waals surface area contributed by atoms with E-state index in [9.17, 15) is 0 Å². The Balaban J connectivity index is 2.29. The molecule has 90 valence electrons. The van der Waals surface area contributed by atoms with E-state index >= 15 is 0 Å². The number of anilines is 1. The van der Waals surface area contributed by atoms with Gasteiger partial charge in [0, 0.05) is 19.0 Å². The highest BCUT2D eigenvalue weighted by atomic mass is 32.2. The summed E-state index contributed by atoms with van der Waals surface area (Å²) in [6, 6.07) is 1.89. The van der Waals surface area contributed by atoms with Crippen molar-refractivity contribution >= 4 is 17.6 Å². The van der Waals surface area contributed by atoms with Crippen molar-refractivity contribution in [2.24, 2.45) is 0 Å². The standard InChI is InChI=1S/C10H14N6S/c1-6(2)9-14-7(11-3)4-8(15-9)17-10-12-5-13-16-10/h4-6H,1-3H3,(H,11,14,15)(H,12,13,16). The number of nitrogens with zero attached hydrogens (tertiary/aromatic N) is 4. The maximum absolute atomic E-state index is 4.48. The average Bonchev–Trinajstić information content (AvgIpc) is 2.81. The first-order valence-corrected chi connectivity index (χ1v) is 6.10. The summed E-state index contributed by atoms with van der Waals surface area (Å²) >= 11 is 1.44. The molecular weight excluding hydrogens is 236 g/mol. The molecule has 2 heterocycles. The molecule has 0 aliphatic carbocycles. The third-order valence-corrected chi connectivity index (χ3v) is 2.89. The zero-order chi connectivity index (χ0) is 12.3. The van der Waals surface area contributed by atoms with E-state index in [1.165, 1.54) is 18.1 Å². The van der Waals surface area contributed by atoms with Gasteiger partial charge in [0.15, 0.2) is 5.16 Å². The molecule has 7 heteroatoms. The van der Waals surface area contributed by atoms with E-state index in [2.05, 4.69) is 44.3 Å². The predicted molar refractivity (Wildman–Crippen MR) is 66.2 cm³/mol. The van der Waals surface area contributed by atoms with E-state index in [0.29, 0.717) is 0 Å². The van der Waals surface area contributed by atoms with Gasteiger partial charge in [0.2, 0.25) is 0 Å². The van der Waals surface area contributed by atoms with Gasteiger partial charge in [-0.05, 0) is 11.8 Å². The zero-order valence-electron chi connectivity index (χ0n) is 9.93. The monoisotopic (exact) mass is 250 g/mol. The molecule has 2 aromatic heterocycles. The largest absolute Gasteiger partial charge is 0.373 e. The SMILES string of the molecule is CNc1cc(Sc2ncn[nH]2)nc(C(C)C)n1. The van der Waals surface area contributed by atoms with Crippen LogP contribution >= 0.6 is 11.8 Å². The lowest BCUT2D eigenvalue weighted by molar-refractivity contribution is 0.754. The highest BCUT2D eigenvalue weighted by Gasteiger charge is 2.09. The number of hydrogen-bond acceptors (Lipinski definition) is 6. The first-order chi connectivity index (χ1) is 8.19. The maximum Gasteiger partial charge on any atom is 0.189 e. The minimum atomic E-state index is 0.289. The number of rotatable bonds is 4. The molecule has 0 saturated heterocycles. The summed E-state index contributed by atoms with van der Waals surface area (Å²) in [5, 5.41) is 11.2. The lowest BCUT2D eigenvalue weighted by Crippen LogP contribution is -2.02. The minimum absolute atomic E-state index is 0.289. The minimum Gasteiger partial charge on any atom is -0.373 e. The van der Waals surface area contributed by atoms with Gasteiger partial charge in [-0.2, -0.15) is 5.10 Å². The molecule has 2 N–H and O–H groups in total. The molecular formula is C10H14N6S. The van der Waals surface area contributed by atoms with Crippen LogP contribution in [0, 0.1) is 0 Å². The number of H-pyrrole nitrogens is 1. The Labute approximate surface area is 104 Å².